The van der Waals surface area contributed by atoms with Crippen molar-refractivity contribution in [3.05, 3.63) is 181 Å². The van der Waals surface area contributed by atoms with Crippen LogP contribution in [0.3, 0.4) is 0 Å². The molecule has 4 aromatic carbocycles. The summed E-state index contributed by atoms with van der Waals surface area (Å²) in [6.07, 6.45) is 0.553. The maximum atomic E-state index is 15.3. The van der Waals surface area contributed by atoms with Crippen LogP contribution in [0.5, 0.6) is 0 Å². The molecule has 0 fully saturated rings. The van der Waals surface area contributed by atoms with Gasteiger partial charge in [0.15, 0.2) is 35.3 Å². The van der Waals surface area contributed by atoms with E-state index in [-0.39, 0.29) is 11.6 Å². The summed E-state index contributed by atoms with van der Waals surface area (Å²) in [5.41, 5.74) is 7.03. The highest BCUT2D eigenvalue weighted by atomic mass is 19.1. The minimum atomic E-state index is -1.44. The van der Waals surface area contributed by atoms with E-state index in [1.165, 1.54) is 9.03 Å². The fourth-order valence-corrected chi connectivity index (χ4v) is 6.25. The average molecular weight is 711 g/mol. The van der Waals surface area contributed by atoms with E-state index in [2.05, 4.69) is 40.6 Å². The Labute approximate surface area is 306 Å². The second-order valence-electron chi connectivity index (χ2n) is 12.5. The van der Waals surface area contributed by atoms with Crippen LogP contribution in [-0.2, 0) is 0 Å². The highest BCUT2D eigenvalue weighted by Gasteiger charge is 2.23. The van der Waals surface area contributed by atoms with Gasteiger partial charge in [-0.25, -0.2) is 8.78 Å². The Hall–Kier alpha value is -7.34. The molecule has 0 radical (unpaired) electrons. The first-order chi connectivity index (χ1) is 26.6. The van der Waals surface area contributed by atoms with Gasteiger partial charge in [0.05, 0.1) is 22.4 Å². The van der Waals surface area contributed by atoms with Gasteiger partial charge in [0.1, 0.15) is 0 Å². The van der Waals surface area contributed by atoms with Crippen LogP contribution in [0.1, 0.15) is 35.1 Å². The number of pyridine rings is 2. The lowest BCUT2D eigenvalue weighted by Gasteiger charge is -2.08. The van der Waals surface area contributed by atoms with Crippen LogP contribution in [0, 0.1) is 0 Å². The van der Waals surface area contributed by atoms with Crippen molar-refractivity contribution in [2.24, 2.45) is 0 Å². The van der Waals surface area contributed by atoms with Crippen molar-refractivity contribution in [1.82, 2.24) is 49.6 Å². The molecule has 0 aliphatic heterocycles. The van der Waals surface area contributed by atoms with E-state index >= 15 is 8.78 Å². The zero-order valence-electron chi connectivity index (χ0n) is 28.4. The summed E-state index contributed by atoms with van der Waals surface area (Å²) in [4.78, 5) is 8.54. The molecule has 2 atom stereocenters. The number of nitrogens with zero attached hydrogens (tertiary/aromatic N) is 10. The summed E-state index contributed by atoms with van der Waals surface area (Å²) in [7, 11) is 0. The maximum absolute atomic E-state index is 15.3. The van der Waals surface area contributed by atoms with E-state index in [9.17, 15) is 0 Å². The molecule has 260 valence electrons. The summed E-state index contributed by atoms with van der Waals surface area (Å²) in [6.45, 7) is 0. The molecule has 0 unspecified atom stereocenters. The SMILES string of the molecule is F[C@@H](c1ccc2ncccc2c1)c1nnc2ccc(-c3ccccc3)nn12.F[C@H](c1ccc2ncccc2c1)c1nnc2ccc(-c3ccccc3)nn12. The van der Waals surface area contributed by atoms with Crippen molar-refractivity contribution in [2.75, 3.05) is 0 Å². The van der Waals surface area contributed by atoms with Gasteiger partial charge in [-0.3, -0.25) is 9.97 Å². The van der Waals surface area contributed by atoms with E-state index in [0.29, 0.717) is 22.4 Å². The molecule has 10 rings (SSSR count). The normalized spacial score (nSPS) is 12.5. The Bertz CT molecular complexity index is 2700. The Kier molecular flexibility index (Phi) is 8.44. The highest BCUT2D eigenvalue weighted by molar-refractivity contribution is 5.80. The van der Waals surface area contributed by atoms with Gasteiger partial charge in [-0.2, -0.15) is 19.2 Å². The molecule has 6 heterocycles. The molecule has 0 bridgehead atoms. The van der Waals surface area contributed by atoms with E-state index in [0.717, 1.165) is 44.3 Å². The third-order valence-electron chi connectivity index (χ3n) is 9.01. The molecule has 0 amide bonds. The quantitative estimate of drug-likeness (QED) is 0.168. The van der Waals surface area contributed by atoms with Crippen LogP contribution in [0.4, 0.5) is 8.78 Å². The topological polar surface area (TPSA) is 112 Å². The smallest absolute Gasteiger partial charge is 0.193 e. The minimum Gasteiger partial charge on any atom is -0.256 e. The molecule has 0 saturated heterocycles. The Morgan fingerprint density at radius 3 is 1.31 bits per heavy atom. The van der Waals surface area contributed by atoms with Gasteiger partial charge in [0, 0.05) is 34.3 Å². The van der Waals surface area contributed by atoms with Crippen LogP contribution in [0.2, 0.25) is 0 Å². The van der Waals surface area contributed by atoms with E-state index < -0.39 is 12.3 Å². The Balaban J connectivity index is 0.000000142. The maximum Gasteiger partial charge on any atom is 0.193 e. The van der Waals surface area contributed by atoms with E-state index in [4.69, 9.17) is 0 Å². The number of hydrogen-bond donors (Lipinski definition) is 0. The number of halogens is 2. The molecule has 6 aromatic heterocycles. The second-order valence-corrected chi connectivity index (χ2v) is 12.5. The van der Waals surface area contributed by atoms with Crippen molar-refractivity contribution in [2.45, 2.75) is 12.3 Å². The number of hydrogen-bond acceptors (Lipinski definition) is 8. The first-order valence-electron chi connectivity index (χ1n) is 17.1. The van der Waals surface area contributed by atoms with Gasteiger partial charge in [-0.05, 0) is 71.8 Å². The van der Waals surface area contributed by atoms with Crippen molar-refractivity contribution >= 4 is 33.1 Å². The van der Waals surface area contributed by atoms with E-state index in [1.54, 1.807) is 48.8 Å². The van der Waals surface area contributed by atoms with Gasteiger partial charge in [0.25, 0.3) is 0 Å². The average Bonchev–Trinajstić information content (AvgIpc) is 3.88. The van der Waals surface area contributed by atoms with Crippen molar-refractivity contribution in [1.29, 1.82) is 0 Å². The van der Waals surface area contributed by atoms with Gasteiger partial charge < -0.3 is 0 Å². The number of rotatable bonds is 6. The third kappa shape index (κ3) is 6.26. The molecule has 0 aliphatic rings. The molecule has 0 N–H and O–H groups in total. The second kappa shape index (κ2) is 14.0. The number of fused-ring (bicyclic) bond motifs is 4. The molecule has 0 spiro atoms. The van der Waals surface area contributed by atoms with E-state index in [1.807, 2.05) is 109 Å². The fraction of sp³-hybridized carbons (Fsp3) is 0.0476. The van der Waals surface area contributed by atoms with Crippen molar-refractivity contribution in [3.63, 3.8) is 0 Å². The highest BCUT2D eigenvalue weighted by Crippen LogP contribution is 2.29. The predicted molar refractivity (Wildman–Crippen MR) is 202 cm³/mol. The van der Waals surface area contributed by atoms with Crippen LogP contribution >= 0.6 is 0 Å². The molecule has 54 heavy (non-hydrogen) atoms. The summed E-state index contributed by atoms with van der Waals surface area (Å²) in [6, 6.07) is 44.9. The van der Waals surface area contributed by atoms with Gasteiger partial charge in [-0.1, -0.05) is 84.9 Å². The summed E-state index contributed by atoms with van der Waals surface area (Å²) >= 11 is 0. The molecule has 10 nitrogen and oxygen atoms in total. The zero-order valence-corrected chi connectivity index (χ0v) is 28.4. The largest absolute Gasteiger partial charge is 0.256 e. The standard InChI is InChI=1S/2C21H14FN5/c2*22-20(16-8-9-17-15(13-16)7-4-12-23-17)21-25-24-19-11-10-18(26-27(19)21)14-5-2-1-3-6-14/h2*1-13,20H/t2*20-/m10/s1. The van der Waals surface area contributed by atoms with Crippen molar-refractivity contribution < 1.29 is 8.78 Å². The zero-order chi connectivity index (χ0) is 36.4. The van der Waals surface area contributed by atoms with Crippen LogP contribution < -0.4 is 0 Å². The minimum absolute atomic E-state index is 0.158. The number of benzene rings is 4. The van der Waals surface area contributed by atoms with Crippen LogP contribution in [0.25, 0.3) is 55.6 Å². The van der Waals surface area contributed by atoms with Crippen molar-refractivity contribution in [3.8, 4) is 22.5 Å². The monoisotopic (exact) mass is 710 g/mol. The molecule has 0 aliphatic carbocycles. The lowest BCUT2D eigenvalue weighted by atomic mass is 10.1. The Morgan fingerprint density at radius 2 is 0.870 bits per heavy atom. The summed E-state index contributed by atoms with van der Waals surface area (Å²) < 4.78 is 33.6. The Morgan fingerprint density at radius 1 is 0.426 bits per heavy atom. The number of aromatic nitrogens is 10. The molecule has 0 saturated carbocycles. The molecule has 12 heteroatoms. The molecule has 10 aromatic rings. The van der Waals surface area contributed by atoms with Gasteiger partial charge in [-0.15, -0.1) is 20.4 Å². The predicted octanol–water partition coefficient (Wildman–Crippen LogP) is 8.80. The van der Waals surface area contributed by atoms with Gasteiger partial charge >= 0.3 is 0 Å². The molecular formula is C42H28F2N10. The lowest BCUT2D eigenvalue weighted by Crippen LogP contribution is -2.05. The third-order valence-corrected chi connectivity index (χ3v) is 9.01. The fourth-order valence-electron chi connectivity index (χ4n) is 6.25. The first-order valence-corrected chi connectivity index (χ1v) is 17.1. The summed E-state index contributed by atoms with van der Waals surface area (Å²) in [5.74, 6) is 0.317. The summed E-state index contributed by atoms with van der Waals surface area (Å²) in [5, 5.41) is 27.1. The lowest BCUT2D eigenvalue weighted by molar-refractivity contribution is 0.377. The van der Waals surface area contributed by atoms with Crippen LogP contribution in [0.15, 0.2) is 158 Å². The van der Waals surface area contributed by atoms with Crippen LogP contribution in [-0.4, -0.2) is 49.6 Å². The molecular weight excluding hydrogens is 683 g/mol. The number of alkyl halides is 2. The van der Waals surface area contributed by atoms with Gasteiger partial charge in [0.2, 0.25) is 0 Å². The first kappa shape index (κ1) is 32.6.